The fraction of sp³-hybridized carbons (Fsp3) is 0.0588. The lowest BCUT2D eigenvalue weighted by atomic mass is 10.2. The Balaban J connectivity index is 1.87. The number of aromatic nitrogens is 1. The first-order valence-corrected chi connectivity index (χ1v) is 8.02. The summed E-state index contributed by atoms with van der Waals surface area (Å²) in [6.07, 6.45) is 2.78. The predicted molar refractivity (Wildman–Crippen MR) is 93.5 cm³/mol. The van der Waals surface area contributed by atoms with Crippen LogP contribution in [0.1, 0.15) is 5.56 Å². The predicted octanol–water partition coefficient (Wildman–Crippen LogP) is 3.43. The van der Waals surface area contributed by atoms with Gasteiger partial charge in [0.15, 0.2) is 4.80 Å². The van der Waals surface area contributed by atoms with Crippen molar-refractivity contribution in [3.8, 4) is 0 Å². The highest BCUT2D eigenvalue weighted by molar-refractivity contribution is 7.16. The number of nitrogens with zero attached hydrogens (tertiary/aromatic N) is 3. The highest BCUT2D eigenvalue weighted by atomic mass is 32.1. The van der Waals surface area contributed by atoms with Gasteiger partial charge in [0, 0.05) is 25.3 Å². The number of thiazole rings is 1. The number of halogens is 1. The summed E-state index contributed by atoms with van der Waals surface area (Å²) in [6.45, 7) is 0. The van der Waals surface area contributed by atoms with E-state index in [0.717, 1.165) is 0 Å². The molecule has 0 N–H and O–H groups in total. The molecular weight excluding hydrogens is 345 g/mol. The first-order valence-electron chi connectivity index (χ1n) is 7.21. The Hall–Kier alpha value is -3.13. The van der Waals surface area contributed by atoms with Crippen molar-refractivity contribution in [3.05, 3.63) is 74.8 Å². The van der Waals surface area contributed by atoms with Crippen molar-refractivity contribution in [1.29, 1.82) is 0 Å². The Bertz CT molecular complexity index is 1060. The van der Waals surface area contributed by atoms with Gasteiger partial charge in [0.05, 0.1) is 15.1 Å². The van der Waals surface area contributed by atoms with Crippen molar-refractivity contribution >= 4 is 39.2 Å². The molecule has 0 spiro atoms. The molecule has 0 radical (unpaired) electrons. The van der Waals surface area contributed by atoms with E-state index < -0.39 is 10.8 Å². The average Bonchev–Trinajstić information content (AvgIpc) is 2.90. The van der Waals surface area contributed by atoms with Crippen molar-refractivity contribution in [2.75, 3.05) is 0 Å². The van der Waals surface area contributed by atoms with Gasteiger partial charge in [0.1, 0.15) is 5.82 Å². The van der Waals surface area contributed by atoms with Gasteiger partial charge in [-0.1, -0.05) is 17.4 Å². The summed E-state index contributed by atoms with van der Waals surface area (Å²) < 4.78 is 16.1. The molecule has 126 valence electrons. The smallest absolute Gasteiger partial charge is 0.272 e. The number of rotatable bonds is 3. The summed E-state index contributed by atoms with van der Waals surface area (Å²) in [7, 11) is 1.65. The van der Waals surface area contributed by atoms with Crippen LogP contribution in [0.5, 0.6) is 0 Å². The minimum absolute atomic E-state index is 0.0208. The monoisotopic (exact) mass is 357 g/mol. The number of nitro groups is 1. The molecule has 3 aromatic rings. The third-order valence-electron chi connectivity index (χ3n) is 3.50. The van der Waals surface area contributed by atoms with Crippen LogP contribution in [0.25, 0.3) is 16.3 Å². The minimum atomic E-state index is -0.499. The van der Waals surface area contributed by atoms with Gasteiger partial charge in [0.25, 0.3) is 11.6 Å². The number of carbonyl (C=O) groups excluding carboxylic acids is 1. The topological polar surface area (TPSA) is 77.5 Å². The Kier molecular flexibility index (Phi) is 4.53. The number of para-hydroxylation sites is 1. The molecule has 0 unspecified atom stereocenters. The Morgan fingerprint density at radius 1 is 1.28 bits per heavy atom. The SMILES string of the molecule is Cn1c(=NC(=O)/C=C\c2ccc([N+](=O)[O-])cc2)sc2cccc(F)c21. The maximum Gasteiger partial charge on any atom is 0.272 e. The van der Waals surface area contributed by atoms with Gasteiger partial charge < -0.3 is 4.57 Å². The zero-order valence-electron chi connectivity index (χ0n) is 13.0. The molecule has 0 aliphatic heterocycles. The zero-order chi connectivity index (χ0) is 18.0. The molecule has 1 heterocycles. The van der Waals surface area contributed by atoms with Crippen LogP contribution >= 0.6 is 11.3 Å². The quantitative estimate of drug-likeness (QED) is 0.409. The van der Waals surface area contributed by atoms with Crippen LogP contribution in [0.15, 0.2) is 53.5 Å². The highest BCUT2D eigenvalue weighted by Gasteiger charge is 2.08. The lowest BCUT2D eigenvalue weighted by Crippen LogP contribution is -2.12. The van der Waals surface area contributed by atoms with E-state index in [0.29, 0.717) is 20.6 Å². The maximum atomic E-state index is 13.9. The molecule has 1 amide bonds. The number of fused-ring (bicyclic) bond motifs is 1. The molecule has 0 saturated heterocycles. The number of benzene rings is 2. The number of nitro benzene ring substituents is 1. The van der Waals surface area contributed by atoms with E-state index in [-0.39, 0.29) is 11.5 Å². The Morgan fingerprint density at radius 2 is 2.00 bits per heavy atom. The second-order valence-corrected chi connectivity index (χ2v) is 6.17. The fourth-order valence-electron chi connectivity index (χ4n) is 2.27. The molecule has 0 bridgehead atoms. The van der Waals surface area contributed by atoms with Gasteiger partial charge in [0.2, 0.25) is 0 Å². The first kappa shape index (κ1) is 16.7. The first-order chi connectivity index (χ1) is 12.0. The largest absolute Gasteiger partial charge is 0.317 e. The van der Waals surface area contributed by atoms with E-state index in [1.54, 1.807) is 19.2 Å². The van der Waals surface area contributed by atoms with Gasteiger partial charge in [-0.3, -0.25) is 14.9 Å². The summed E-state index contributed by atoms with van der Waals surface area (Å²) in [5.74, 6) is -0.868. The Labute approximate surface area is 145 Å². The zero-order valence-corrected chi connectivity index (χ0v) is 13.9. The standard InChI is InChI=1S/C17H12FN3O3S/c1-20-16-13(18)3-2-4-14(16)25-17(20)19-15(22)10-7-11-5-8-12(9-6-11)21(23)24/h2-10H,1H3/b10-7-,19-17?. The molecule has 0 fully saturated rings. The maximum absolute atomic E-state index is 13.9. The number of non-ortho nitro benzene ring substituents is 1. The van der Waals surface area contributed by atoms with Crippen LogP contribution in [-0.2, 0) is 11.8 Å². The van der Waals surface area contributed by atoms with Gasteiger partial charge in [-0.15, -0.1) is 0 Å². The Morgan fingerprint density at radius 3 is 2.64 bits per heavy atom. The van der Waals surface area contributed by atoms with E-state index >= 15 is 0 Å². The minimum Gasteiger partial charge on any atom is -0.317 e. The molecule has 2 aromatic carbocycles. The molecule has 8 heteroatoms. The third kappa shape index (κ3) is 3.53. The highest BCUT2D eigenvalue weighted by Crippen LogP contribution is 2.19. The van der Waals surface area contributed by atoms with Crippen LogP contribution < -0.4 is 4.80 Å². The summed E-state index contributed by atoms with van der Waals surface area (Å²) in [6, 6.07) is 10.5. The van der Waals surface area contributed by atoms with Crippen molar-refractivity contribution in [3.63, 3.8) is 0 Å². The number of carbonyl (C=O) groups is 1. The molecule has 25 heavy (non-hydrogen) atoms. The lowest BCUT2D eigenvalue weighted by molar-refractivity contribution is -0.384. The van der Waals surface area contributed by atoms with E-state index in [4.69, 9.17) is 0 Å². The van der Waals surface area contributed by atoms with Gasteiger partial charge >= 0.3 is 0 Å². The number of amides is 1. The van der Waals surface area contributed by atoms with Crippen molar-refractivity contribution in [1.82, 2.24) is 4.57 Å². The van der Waals surface area contributed by atoms with E-state index in [1.807, 2.05) is 0 Å². The van der Waals surface area contributed by atoms with E-state index in [2.05, 4.69) is 4.99 Å². The summed E-state index contributed by atoms with van der Waals surface area (Å²) in [5.41, 5.74) is 1.02. The number of hydrogen-bond donors (Lipinski definition) is 0. The number of hydrogen-bond acceptors (Lipinski definition) is 4. The second kappa shape index (κ2) is 6.78. The third-order valence-corrected chi connectivity index (χ3v) is 4.60. The molecule has 0 atom stereocenters. The molecule has 3 rings (SSSR count). The normalized spacial score (nSPS) is 12.2. The summed E-state index contributed by atoms with van der Waals surface area (Å²) in [5, 5.41) is 10.6. The lowest BCUT2D eigenvalue weighted by Gasteiger charge is -1.96. The molecule has 0 saturated carbocycles. The molecule has 1 aromatic heterocycles. The van der Waals surface area contributed by atoms with E-state index in [9.17, 15) is 19.3 Å². The second-order valence-electron chi connectivity index (χ2n) is 5.16. The molecular formula is C17H12FN3O3S. The van der Waals surface area contributed by atoms with Crippen LogP contribution in [0.4, 0.5) is 10.1 Å². The van der Waals surface area contributed by atoms with Crippen molar-refractivity contribution in [2.24, 2.45) is 12.0 Å². The molecule has 0 aliphatic rings. The van der Waals surface area contributed by atoms with Crippen LogP contribution in [0, 0.1) is 15.9 Å². The van der Waals surface area contributed by atoms with Crippen LogP contribution in [0.2, 0.25) is 0 Å². The van der Waals surface area contributed by atoms with Crippen LogP contribution in [0.3, 0.4) is 0 Å². The molecule has 0 aliphatic carbocycles. The van der Waals surface area contributed by atoms with Gasteiger partial charge in [-0.25, -0.2) is 4.39 Å². The molecule has 6 nitrogen and oxygen atoms in total. The fourth-order valence-corrected chi connectivity index (χ4v) is 3.31. The summed E-state index contributed by atoms with van der Waals surface area (Å²) >= 11 is 1.22. The number of aryl methyl sites for hydroxylation is 1. The van der Waals surface area contributed by atoms with Crippen molar-refractivity contribution in [2.45, 2.75) is 0 Å². The van der Waals surface area contributed by atoms with E-state index in [1.165, 1.54) is 58.4 Å². The summed E-state index contributed by atoms with van der Waals surface area (Å²) in [4.78, 5) is 26.5. The average molecular weight is 357 g/mol. The van der Waals surface area contributed by atoms with Gasteiger partial charge in [-0.2, -0.15) is 4.99 Å². The van der Waals surface area contributed by atoms with Gasteiger partial charge in [-0.05, 0) is 35.9 Å². The van der Waals surface area contributed by atoms with Crippen molar-refractivity contribution < 1.29 is 14.1 Å². The van der Waals surface area contributed by atoms with Crippen LogP contribution in [-0.4, -0.2) is 15.4 Å².